The number of benzene rings is 1. The predicted molar refractivity (Wildman–Crippen MR) is 100.0 cm³/mol. The van der Waals surface area contributed by atoms with Gasteiger partial charge in [-0.2, -0.15) is 5.10 Å². The number of hydrogen-bond donors (Lipinski definition) is 2. The lowest BCUT2D eigenvalue weighted by Crippen LogP contribution is -2.41. The summed E-state index contributed by atoms with van der Waals surface area (Å²) in [6.45, 7) is 3.34. The Balaban J connectivity index is 1.61. The molecule has 0 bridgehead atoms. The van der Waals surface area contributed by atoms with Crippen LogP contribution in [0.2, 0.25) is 0 Å². The molecule has 1 aromatic carbocycles. The van der Waals surface area contributed by atoms with Crippen molar-refractivity contribution >= 4 is 15.9 Å². The average molecular weight is 404 g/mol. The van der Waals surface area contributed by atoms with Crippen LogP contribution in [-0.2, 0) is 23.7 Å². The number of furan rings is 1. The van der Waals surface area contributed by atoms with Crippen molar-refractivity contribution in [1.82, 2.24) is 20.0 Å². The highest BCUT2D eigenvalue weighted by molar-refractivity contribution is 7.89. The molecule has 2 aromatic heterocycles. The third-order valence-electron chi connectivity index (χ3n) is 4.02. The Labute approximate surface area is 162 Å². The molecule has 3 aromatic rings. The molecular formula is C18H20N4O5S. The van der Waals surface area contributed by atoms with Crippen LogP contribution in [0, 0.1) is 13.8 Å². The van der Waals surface area contributed by atoms with Gasteiger partial charge in [0.2, 0.25) is 0 Å². The number of nitrogens with one attached hydrogen (secondary N) is 2. The summed E-state index contributed by atoms with van der Waals surface area (Å²) in [7, 11) is -2.33. The van der Waals surface area contributed by atoms with Crippen molar-refractivity contribution in [2.24, 2.45) is 7.05 Å². The average Bonchev–Trinajstić information content (AvgIpc) is 3.23. The molecule has 2 heterocycles. The topological polar surface area (TPSA) is 115 Å². The van der Waals surface area contributed by atoms with Crippen molar-refractivity contribution in [1.29, 1.82) is 0 Å². The quantitative estimate of drug-likeness (QED) is 0.581. The maximum absolute atomic E-state index is 12.5. The maximum atomic E-state index is 12.5. The number of sulfonamides is 1. The highest BCUT2D eigenvalue weighted by Crippen LogP contribution is 2.18. The van der Waals surface area contributed by atoms with Gasteiger partial charge in [0.25, 0.3) is 10.0 Å². The molecule has 0 aliphatic heterocycles. The van der Waals surface area contributed by atoms with Gasteiger partial charge in [0.05, 0.1) is 11.4 Å². The number of nitrogens with zero attached hydrogens (tertiary/aromatic N) is 2. The Morgan fingerprint density at radius 3 is 2.54 bits per heavy atom. The van der Waals surface area contributed by atoms with Gasteiger partial charge in [-0.05, 0) is 38.1 Å². The zero-order chi connectivity index (χ0) is 20.3. The number of amides is 1. The van der Waals surface area contributed by atoms with Crippen molar-refractivity contribution < 1.29 is 22.4 Å². The second-order valence-corrected chi connectivity index (χ2v) is 7.67. The fourth-order valence-electron chi connectivity index (χ4n) is 2.62. The van der Waals surface area contributed by atoms with E-state index in [2.05, 4.69) is 15.4 Å². The van der Waals surface area contributed by atoms with Gasteiger partial charge >= 0.3 is 5.91 Å². The molecule has 0 atom stereocenters. The number of aromatic nitrogens is 2. The van der Waals surface area contributed by atoms with Crippen molar-refractivity contribution in [3.8, 4) is 5.75 Å². The van der Waals surface area contributed by atoms with Crippen molar-refractivity contribution in [3.63, 3.8) is 0 Å². The third-order valence-corrected chi connectivity index (χ3v) is 5.52. The summed E-state index contributed by atoms with van der Waals surface area (Å²) >= 11 is 0. The van der Waals surface area contributed by atoms with E-state index in [-0.39, 0.29) is 17.3 Å². The number of aryl methyl sites for hydroxylation is 2. The van der Waals surface area contributed by atoms with Crippen LogP contribution in [0.25, 0.3) is 0 Å². The molecule has 9 nitrogen and oxygen atoms in total. The largest absolute Gasteiger partial charge is 0.486 e. The van der Waals surface area contributed by atoms with Crippen molar-refractivity contribution in [2.75, 3.05) is 0 Å². The van der Waals surface area contributed by atoms with Crippen molar-refractivity contribution in [3.05, 3.63) is 65.4 Å². The first-order valence-corrected chi connectivity index (χ1v) is 9.85. The first-order chi connectivity index (χ1) is 13.3. The van der Waals surface area contributed by atoms with E-state index >= 15 is 0 Å². The lowest BCUT2D eigenvalue weighted by molar-refractivity contribution is 0.0913. The fourth-order valence-corrected chi connectivity index (χ4v) is 3.90. The molecule has 3 rings (SSSR count). The smallest absolute Gasteiger partial charge is 0.301 e. The van der Waals surface area contributed by atoms with Crippen LogP contribution in [-0.4, -0.2) is 24.1 Å². The summed E-state index contributed by atoms with van der Waals surface area (Å²) in [5.41, 5.74) is 2.93. The van der Waals surface area contributed by atoms with Gasteiger partial charge < -0.3 is 9.15 Å². The first-order valence-electron chi connectivity index (χ1n) is 8.37. The molecule has 148 valence electrons. The summed E-state index contributed by atoms with van der Waals surface area (Å²) < 4.78 is 37.3. The minimum atomic E-state index is -3.97. The van der Waals surface area contributed by atoms with Gasteiger partial charge in [0.1, 0.15) is 23.0 Å². The molecule has 0 saturated carbocycles. The Hall–Kier alpha value is -3.11. The summed E-state index contributed by atoms with van der Waals surface area (Å²) in [6, 6.07) is 12.2. The third kappa shape index (κ3) is 4.24. The van der Waals surface area contributed by atoms with E-state index in [0.717, 1.165) is 0 Å². The summed E-state index contributed by atoms with van der Waals surface area (Å²) in [6.07, 6.45) is 0. The Morgan fingerprint density at radius 2 is 1.89 bits per heavy atom. The molecule has 28 heavy (non-hydrogen) atoms. The molecule has 0 aliphatic carbocycles. The van der Waals surface area contributed by atoms with E-state index in [1.54, 1.807) is 39.1 Å². The van der Waals surface area contributed by atoms with E-state index in [0.29, 0.717) is 22.9 Å². The summed E-state index contributed by atoms with van der Waals surface area (Å²) in [5.74, 6) is 0.318. The van der Waals surface area contributed by atoms with E-state index in [1.165, 1.54) is 10.7 Å². The van der Waals surface area contributed by atoms with Crippen LogP contribution >= 0.6 is 0 Å². The van der Waals surface area contributed by atoms with Gasteiger partial charge in [0, 0.05) is 7.05 Å². The number of carbonyl (C=O) groups is 1. The van der Waals surface area contributed by atoms with Gasteiger partial charge in [0.15, 0.2) is 5.76 Å². The molecule has 0 unspecified atom stereocenters. The number of hydrogen-bond acceptors (Lipinski definition) is 6. The molecule has 0 spiro atoms. The molecule has 0 fully saturated rings. The fraction of sp³-hybridized carbons (Fsp3) is 0.222. The molecule has 10 heteroatoms. The van der Waals surface area contributed by atoms with Gasteiger partial charge in [-0.25, -0.2) is 8.42 Å². The van der Waals surface area contributed by atoms with E-state index in [4.69, 9.17) is 9.15 Å². The number of ether oxygens (including phenoxy) is 1. The molecule has 0 saturated heterocycles. The number of carbonyl (C=O) groups excluding carboxylic acids is 1. The lowest BCUT2D eigenvalue weighted by Gasteiger charge is -2.08. The van der Waals surface area contributed by atoms with Crippen LogP contribution in [0.5, 0.6) is 5.75 Å². The number of hydrazine groups is 1. The summed E-state index contributed by atoms with van der Waals surface area (Å²) in [4.78, 5) is 14.3. The highest BCUT2D eigenvalue weighted by atomic mass is 32.2. The van der Waals surface area contributed by atoms with Crippen LogP contribution < -0.4 is 15.0 Å². The normalized spacial score (nSPS) is 11.4. The first kappa shape index (κ1) is 19.6. The minimum absolute atomic E-state index is 0.0201. The van der Waals surface area contributed by atoms with Gasteiger partial charge in [-0.1, -0.05) is 18.2 Å². The van der Waals surface area contributed by atoms with Gasteiger partial charge in [-0.3, -0.25) is 14.9 Å². The number of para-hydroxylation sites is 1. The number of rotatable bonds is 7. The lowest BCUT2D eigenvalue weighted by atomic mass is 10.3. The zero-order valence-corrected chi connectivity index (χ0v) is 16.4. The second-order valence-electron chi connectivity index (χ2n) is 6.05. The Morgan fingerprint density at radius 1 is 1.18 bits per heavy atom. The van der Waals surface area contributed by atoms with E-state index < -0.39 is 15.9 Å². The predicted octanol–water partition coefficient (Wildman–Crippen LogP) is 1.83. The van der Waals surface area contributed by atoms with Crippen LogP contribution in [0.4, 0.5) is 0 Å². The Kier molecular flexibility index (Phi) is 5.52. The molecule has 0 radical (unpaired) electrons. The maximum Gasteiger partial charge on any atom is 0.301 e. The SMILES string of the molecule is Cc1nn(C)c(C)c1S(=O)(=O)NNC(=O)c1ccc(COc2ccccc2)o1. The molecule has 0 aliphatic rings. The zero-order valence-electron chi connectivity index (χ0n) is 15.6. The molecular weight excluding hydrogens is 384 g/mol. The highest BCUT2D eigenvalue weighted by Gasteiger charge is 2.25. The van der Waals surface area contributed by atoms with E-state index in [9.17, 15) is 13.2 Å². The van der Waals surface area contributed by atoms with E-state index in [1.807, 2.05) is 18.2 Å². The molecule has 1 amide bonds. The van der Waals surface area contributed by atoms with Crippen LogP contribution in [0.15, 0.2) is 51.8 Å². The second kappa shape index (κ2) is 7.87. The summed E-state index contributed by atoms with van der Waals surface area (Å²) in [5, 5.41) is 4.06. The minimum Gasteiger partial charge on any atom is -0.486 e. The molecule has 2 N–H and O–H groups in total. The van der Waals surface area contributed by atoms with Crippen molar-refractivity contribution in [2.45, 2.75) is 25.3 Å². The monoisotopic (exact) mass is 404 g/mol. The standard InChI is InChI=1S/C18H20N4O5S/c1-12-17(13(2)22(3)20-12)28(24,25)21-19-18(23)16-10-9-15(27-16)11-26-14-7-5-4-6-8-14/h4-10,21H,11H2,1-3H3,(H,19,23). The van der Waals surface area contributed by atoms with Gasteiger partial charge in [-0.15, -0.1) is 4.83 Å². The Bertz CT molecular complexity index is 1090. The van der Waals surface area contributed by atoms with Crippen LogP contribution in [0.1, 0.15) is 27.7 Å². The van der Waals surface area contributed by atoms with Crippen LogP contribution in [0.3, 0.4) is 0 Å².